The molecule has 0 amide bonds. The molecule has 0 N–H and O–H groups in total. The number of methoxy groups -OCH3 is 2. The Labute approximate surface area is 266 Å². The standard InChI is InChI=1S/C34H20N8O2.Mn/c1-43-17-11-13-23-25(15-17)33-40-31(23)38-29-21-9-5-3-7-19(21)27(36-29)35-28-20-8-4-6-10-22(20)30(37-28)39-32-24-14-12-18(44-2)16-26(24)34(41-32)42-33;/h3-16H,1-2H3;/q-2;+2. The van der Waals surface area contributed by atoms with E-state index in [4.69, 9.17) is 49.3 Å². The predicted octanol–water partition coefficient (Wildman–Crippen LogP) is 6.14. The van der Waals surface area contributed by atoms with Gasteiger partial charge in [-0.3, -0.25) is 0 Å². The van der Waals surface area contributed by atoms with Gasteiger partial charge >= 0.3 is 17.1 Å². The summed E-state index contributed by atoms with van der Waals surface area (Å²) >= 11 is 0. The van der Waals surface area contributed by atoms with Gasteiger partial charge in [0.1, 0.15) is 11.5 Å². The van der Waals surface area contributed by atoms with Gasteiger partial charge in [-0.1, -0.05) is 48.5 Å². The van der Waals surface area contributed by atoms with Gasteiger partial charge in [-0.05, 0) is 57.9 Å². The van der Waals surface area contributed by atoms with Crippen molar-refractivity contribution >= 4 is 44.1 Å². The maximum absolute atomic E-state index is 5.54. The summed E-state index contributed by atoms with van der Waals surface area (Å²) in [5, 5.41) is 3.31. The Kier molecular flexibility index (Phi) is 6.12. The van der Waals surface area contributed by atoms with Crippen molar-refractivity contribution < 1.29 is 26.5 Å². The van der Waals surface area contributed by atoms with Gasteiger partial charge < -0.3 is 39.4 Å². The number of hydrogen-bond donors (Lipinski definition) is 0. The first-order chi connectivity index (χ1) is 21.7. The fourth-order valence-electron chi connectivity index (χ4n) is 5.77. The van der Waals surface area contributed by atoms with Gasteiger partial charge in [-0.25, -0.2) is 9.97 Å². The second-order valence-electron chi connectivity index (χ2n) is 10.4. The zero-order chi connectivity index (χ0) is 29.4. The van der Waals surface area contributed by atoms with Gasteiger partial charge in [0.15, 0.2) is 0 Å². The Bertz CT molecular complexity index is 2510. The van der Waals surface area contributed by atoms with Gasteiger partial charge in [0, 0.05) is 44.8 Å². The summed E-state index contributed by atoms with van der Waals surface area (Å²) in [6, 6.07) is 27.2. The molecule has 0 spiro atoms. The SMILES string of the molecule is COc1ccc2c(c1)-c1nc-2nc2[n-]c(nc3nc(nc4[n-]c(n1)c1cc(OC)ccc41)-c1ccccc1-3)c1ccccc21.[Mn+2]. The molecule has 45 heavy (non-hydrogen) atoms. The molecule has 2 aliphatic heterocycles. The van der Waals surface area contributed by atoms with Crippen LogP contribution in [0.25, 0.3) is 89.7 Å². The zero-order valence-corrected chi connectivity index (χ0v) is 25.0. The molecule has 0 fully saturated rings. The molecule has 4 aromatic carbocycles. The summed E-state index contributed by atoms with van der Waals surface area (Å²) in [6.45, 7) is 0. The third-order valence-electron chi connectivity index (χ3n) is 7.93. The van der Waals surface area contributed by atoms with Crippen LogP contribution in [0.2, 0.25) is 0 Å². The summed E-state index contributed by atoms with van der Waals surface area (Å²) in [4.78, 5) is 39.5. The predicted molar refractivity (Wildman–Crippen MR) is 167 cm³/mol. The van der Waals surface area contributed by atoms with Crippen molar-refractivity contribution in [1.29, 1.82) is 0 Å². The van der Waals surface area contributed by atoms with E-state index in [0.29, 0.717) is 57.4 Å². The second-order valence-corrected chi connectivity index (χ2v) is 10.4. The average molecular weight is 628 g/mol. The van der Waals surface area contributed by atoms with Crippen LogP contribution in [-0.2, 0) is 17.1 Å². The number of fused-ring (bicyclic) bond motifs is 20. The first-order valence-corrected chi connectivity index (χ1v) is 13.9. The summed E-state index contributed by atoms with van der Waals surface area (Å²) < 4.78 is 11.1. The first kappa shape index (κ1) is 26.9. The molecule has 11 heteroatoms. The van der Waals surface area contributed by atoms with Crippen LogP contribution in [0.4, 0.5) is 0 Å². The van der Waals surface area contributed by atoms with Crippen molar-refractivity contribution in [1.82, 2.24) is 39.9 Å². The molecule has 1 radical (unpaired) electrons. The van der Waals surface area contributed by atoms with Gasteiger partial charge in [0.2, 0.25) is 0 Å². The van der Waals surface area contributed by atoms with E-state index in [1.807, 2.05) is 84.9 Å². The molecule has 5 heterocycles. The Morgan fingerprint density at radius 2 is 0.844 bits per heavy atom. The normalized spacial score (nSPS) is 11.6. The molecule has 0 unspecified atom stereocenters. The summed E-state index contributed by atoms with van der Waals surface area (Å²) in [6.07, 6.45) is 0. The molecular formula is C34H20MnN8O2. The number of ether oxygens (including phenoxy) is 2. The monoisotopic (exact) mass is 627 g/mol. The molecule has 0 atom stereocenters. The molecule has 0 aliphatic carbocycles. The Morgan fingerprint density at radius 1 is 0.422 bits per heavy atom. The minimum Gasteiger partial charge on any atom is -0.497 e. The van der Waals surface area contributed by atoms with Gasteiger partial charge in [-0.15, -0.1) is 0 Å². The fraction of sp³-hybridized carbons (Fsp3) is 0.0588. The fourth-order valence-corrected chi connectivity index (χ4v) is 5.77. The number of nitrogens with zero attached hydrogens (tertiary/aromatic N) is 8. The van der Waals surface area contributed by atoms with Crippen LogP contribution in [-0.4, -0.2) is 44.1 Å². The van der Waals surface area contributed by atoms with Crippen molar-refractivity contribution in [2.45, 2.75) is 0 Å². The van der Waals surface area contributed by atoms with Crippen LogP contribution in [0, 0.1) is 0 Å². The third-order valence-corrected chi connectivity index (χ3v) is 7.93. The van der Waals surface area contributed by atoms with E-state index >= 15 is 0 Å². The van der Waals surface area contributed by atoms with E-state index in [1.54, 1.807) is 14.2 Å². The molecule has 2 aliphatic rings. The topological polar surface area (TPSA) is 124 Å². The van der Waals surface area contributed by atoms with Crippen LogP contribution in [0.3, 0.4) is 0 Å². The van der Waals surface area contributed by atoms with Crippen LogP contribution < -0.4 is 19.4 Å². The molecular weight excluding hydrogens is 607 g/mol. The molecule has 7 aromatic rings. The van der Waals surface area contributed by atoms with Crippen molar-refractivity contribution in [2.24, 2.45) is 0 Å². The number of benzene rings is 4. The van der Waals surface area contributed by atoms with E-state index in [-0.39, 0.29) is 17.1 Å². The maximum Gasteiger partial charge on any atom is 2.00 e. The van der Waals surface area contributed by atoms with E-state index < -0.39 is 0 Å². The zero-order valence-electron chi connectivity index (χ0n) is 23.9. The van der Waals surface area contributed by atoms with Crippen LogP contribution in [0.15, 0.2) is 84.9 Å². The van der Waals surface area contributed by atoms with E-state index in [0.717, 1.165) is 43.8 Å². The van der Waals surface area contributed by atoms with E-state index in [1.165, 1.54) is 0 Å². The van der Waals surface area contributed by atoms with Crippen molar-refractivity contribution in [3.05, 3.63) is 84.9 Å². The summed E-state index contributed by atoms with van der Waals surface area (Å²) in [5.74, 6) is 3.34. The van der Waals surface area contributed by atoms with E-state index in [2.05, 4.69) is 0 Å². The maximum atomic E-state index is 5.54. The molecule has 8 bridgehead atoms. The van der Waals surface area contributed by atoms with Crippen LogP contribution >= 0.6 is 0 Å². The largest absolute Gasteiger partial charge is 2.00 e. The molecule has 215 valence electrons. The molecule has 0 saturated heterocycles. The Morgan fingerprint density at radius 3 is 1.40 bits per heavy atom. The number of rotatable bonds is 2. The first-order valence-electron chi connectivity index (χ1n) is 13.9. The van der Waals surface area contributed by atoms with Gasteiger partial charge in [0.05, 0.1) is 37.5 Å². The quantitative estimate of drug-likeness (QED) is 0.206. The van der Waals surface area contributed by atoms with Crippen molar-refractivity contribution in [3.63, 3.8) is 0 Å². The number of aromatic nitrogens is 8. The Hall–Kier alpha value is -5.64. The minimum atomic E-state index is 0. The van der Waals surface area contributed by atoms with Crippen LogP contribution in [0.5, 0.6) is 11.5 Å². The second kappa shape index (κ2) is 10.2. The van der Waals surface area contributed by atoms with Crippen LogP contribution in [0.1, 0.15) is 0 Å². The molecule has 10 nitrogen and oxygen atoms in total. The van der Waals surface area contributed by atoms with Gasteiger partial charge in [-0.2, -0.15) is 0 Å². The number of hydrogen-bond acceptors (Lipinski definition) is 8. The minimum absolute atomic E-state index is 0. The summed E-state index contributed by atoms with van der Waals surface area (Å²) in [5.41, 5.74) is 5.29. The average Bonchev–Trinajstić information content (AvgIpc) is 3.79. The van der Waals surface area contributed by atoms with Crippen molar-refractivity contribution in [2.75, 3.05) is 14.2 Å². The molecule has 3 aromatic heterocycles. The Balaban J connectivity index is 0.00000300. The van der Waals surface area contributed by atoms with Gasteiger partial charge in [0.25, 0.3) is 0 Å². The van der Waals surface area contributed by atoms with Crippen molar-refractivity contribution in [3.8, 4) is 57.1 Å². The summed E-state index contributed by atoms with van der Waals surface area (Å²) in [7, 11) is 3.26. The van der Waals surface area contributed by atoms with E-state index in [9.17, 15) is 0 Å². The molecule has 0 saturated carbocycles. The smallest absolute Gasteiger partial charge is 0.497 e. The third kappa shape index (κ3) is 4.16. The molecule has 9 rings (SSSR count).